The van der Waals surface area contributed by atoms with Crippen molar-refractivity contribution in [3.05, 3.63) is 95.0 Å². The SMILES string of the molecule is COc1ccc(N(CCCC(=O)N(Cc2ccc(Cl)cc2)[C@@H](Cc2ccccc2)C(=O)NCC(C)C)S(C)(=O)=O)cc1. The second-order valence-electron chi connectivity index (χ2n) is 10.6. The van der Waals surface area contributed by atoms with Gasteiger partial charge in [-0.3, -0.25) is 13.9 Å². The van der Waals surface area contributed by atoms with E-state index in [1.807, 2.05) is 56.3 Å². The third kappa shape index (κ3) is 10.1. The summed E-state index contributed by atoms with van der Waals surface area (Å²) >= 11 is 6.10. The molecule has 0 radical (unpaired) electrons. The second-order valence-corrected chi connectivity index (χ2v) is 13.0. The van der Waals surface area contributed by atoms with Crippen LogP contribution in [-0.2, 0) is 32.6 Å². The summed E-state index contributed by atoms with van der Waals surface area (Å²) in [5.41, 5.74) is 2.25. The molecule has 42 heavy (non-hydrogen) atoms. The van der Waals surface area contributed by atoms with E-state index in [0.717, 1.165) is 17.4 Å². The number of halogens is 1. The van der Waals surface area contributed by atoms with Gasteiger partial charge in [-0.15, -0.1) is 0 Å². The number of anilines is 1. The highest BCUT2D eigenvalue weighted by Gasteiger charge is 2.30. The molecule has 0 aliphatic carbocycles. The number of sulfonamides is 1. The minimum atomic E-state index is -3.60. The van der Waals surface area contributed by atoms with Crippen molar-refractivity contribution >= 4 is 39.1 Å². The van der Waals surface area contributed by atoms with Gasteiger partial charge in [-0.05, 0) is 59.9 Å². The lowest BCUT2D eigenvalue weighted by Crippen LogP contribution is -2.51. The summed E-state index contributed by atoms with van der Waals surface area (Å²) in [4.78, 5) is 29.0. The molecule has 0 bridgehead atoms. The maximum Gasteiger partial charge on any atom is 0.243 e. The van der Waals surface area contributed by atoms with Crippen molar-refractivity contribution < 1.29 is 22.7 Å². The number of rotatable bonds is 15. The molecule has 3 rings (SSSR count). The van der Waals surface area contributed by atoms with Crippen molar-refractivity contribution in [1.29, 1.82) is 0 Å². The fourth-order valence-electron chi connectivity index (χ4n) is 4.52. The van der Waals surface area contributed by atoms with Crippen LogP contribution in [-0.4, -0.2) is 57.6 Å². The van der Waals surface area contributed by atoms with Crippen LogP contribution in [0.15, 0.2) is 78.9 Å². The first-order valence-corrected chi connectivity index (χ1v) is 16.2. The molecule has 3 aromatic rings. The van der Waals surface area contributed by atoms with Gasteiger partial charge in [0.1, 0.15) is 11.8 Å². The Morgan fingerprint density at radius 1 is 0.929 bits per heavy atom. The lowest BCUT2D eigenvalue weighted by atomic mass is 10.0. The van der Waals surface area contributed by atoms with Crippen molar-refractivity contribution in [3.8, 4) is 5.75 Å². The van der Waals surface area contributed by atoms with Gasteiger partial charge in [0.05, 0.1) is 19.1 Å². The lowest BCUT2D eigenvalue weighted by Gasteiger charge is -2.32. The molecule has 0 aromatic heterocycles. The predicted molar refractivity (Wildman–Crippen MR) is 168 cm³/mol. The first-order valence-electron chi connectivity index (χ1n) is 13.9. The van der Waals surface area contributed by atoms with Crippen LogP contribution >= 0.6 is 11.6 Å². The number of amides is 2. The third-order valence-electron chi connectivity index (χ3n) is 6.73. The van der Waals surface area contributed by atoms with E-state index in [0.29, 0.717) is 29.4 Å². The molecule has 0 aliphatic rings. The van der Waals surface area contributed by atoms with Crippen LogP contribution in [0.4, 0.5) is 5.69 Å². The zero-order valence-electron chi connectivity index (χ0n) is 24.6. The third-order valence-corrected chi connectivity index (χ3v) is 8.18. The molecule has 10 heteroatoms. The fraction of sp³-hybridized carbons (Fsp3) is 0.375. The zero-order chi connectivity index (χ0) is 30.7. The van der Waals surface area contributed by atoms with Crippen molar-refractivity contribution in [2.75, 3.05) is 30.8 Å². The number of nitrogens with zero attached hydrogens (tertiary/aromatic N) is 2. The maximum absolute atomic E-state index is 13.9. The topological polar surface area (TPSA) is 96.0 Å². The molecule has 2 amide bonds. The average molecular weight is 614 g/mol. The van der Waals surface area contributed by atoms with Crippen LogP contribution < -0.4 is 14.4 Å². The van der Waals surface area contributed by atoms with E-state index < -0.39 is 16.1 Å². The summed E-state index contributed by atoms with van der Waals surface area (Å²) < 4.78 is 31.7. The molecule has 0 saturated heterocycles. The van der Waals surface area contributed by atoms with Crippen molar-refractivity contribution in [1.82, 2.24) is 10.2 Å². The highest BCUT2D eigenvalue weighted by molar-refractivity contribution is 7.92. The van der Waals surface area contributed by atoms with Crippen LogP contribution in [0.1, 0.15) is 37.8 Å². The standard InChI is InChI=1S/C32H40ClN3O5S/c1-24(2)22-34-32(38)30(21-25-9-6-5-7-10-25)35(23-26-12-14-27(33)15-13-26)31(37)11-8-20-36(42(4,39)40)28-16-18-29(41-3)19-17-28/h5-7,9-10,12-19,24,30H,8,11,20-23H2,1-4H3,(H,34,38)/t30-/m0/s1. The van der Waals surface area contributed by atoms with E-state index in [1.165, 1.54) is 4.31 Å². The normalized spacial score (nSPS) is 12.0. The Morgan fingerprint density at radius 2 is 1.57 bits per heavy atom. The number of nitrogens with one attached hydrogen (secondary N) is 1. The van der Waals surface area contributed by atoms with Gasteiger partial charge in [-0.2, -0.15) is 0 Å². The summed E-state index contributed by atoms with van der Waals surface area (Å²) in [7, 11) is -2.06. The largest absolute Gasteiger partial charge is 0.497 e. The Hall–Kier alpha value is -3.56. The quantitative estimate of drug-likeness (QED) is 0.251. The monoisotopic (exact) mass is 613 g/mol. The molecule has 226 valence electrons. The predicted octanol–water partition coefficient (Wildman–Crippen LogP) is 5.31. The summed E-state index contributed by atoms with van der Waals surface area (Å²) in [6.45, 7) is 4.82. The molecule has 0 heterocycles. The van der Waals surface area contributed by atoms with Crippen molar-refractivity contribution in [2.24, 2.45) is 5.92 Å². The highest BCUT2D eigenvalue weighted by Crippen LogP contribution is 2.23. The Kier molecular flexibility index (Phi) is 12.2. The van der Waals surface area contributed by atoms with Gasteiger partial charge in [0.25, 0.3) is 0 Å². The van der Waals surface area contributed by atoms with E-state index >= 15 is 0 Å². The molecule has 3 aromatic carbocycles. The fourth-order valence-corrected chi connectivity index (χ4v) is 5.61. The number of carbonyl (C=O) groups is 2. The number of carbonyl (C=O) groups excluding carboxylic acids is 2. The van der Waals surface area contributed by atoms with Gasteiger partial charge in [0.2, 0.25) is 21.8 Å². The van der Waals surface area contributed by atoms with Crippen LogP contribution in [0.5, 0.6) is 5.75 Å². The van der Waals surface area contributed by atoms with Gasteiger partial charge >= 0.3 is 0 Å². The number of ether oxygens (including phenoxy) is 1. The number of hydrogen-bond donors (Lipinski definition) is 1. The maximum atomic E-state index is 13.9. The number of benzene rings is 3. The van der Waals surface area contributed by atoms with Crippen LogP contribution in [0.3, 0.4) is 0 Å². The summed E-state index contributed by atoms with van der Waals surface area (Å²) in [6, 6.07) is 22.7. The minimum absolute atomic E-state index is 0.0541. The van der Waals surface area contributed by atoms with Crippen LogP contribution in [0.2, 0.25) is 5.02 Å². The van der Waals surface area contributed by atoms with E-state index in [2.05, 4.69) is 5.32 Å². The van der Waals surface area contributed by atoms with Crippen molar-refractivity contribution in [3.63, 3.8) is 0 Å². The molecule has 0 saturated carbocycles. The zero-order valence-corrected chi connectivity index (χ0v) is 26.2. The lowest BCUT2D eigenvalue weighted by molar-refractivity contribution is -0.141. The van der Waals surface area contributed by atoms with Crippen LogP contribution in [0, 0.1) is 5.92 Å². The molecule has 1 N–H and O–H groups in total. The summed E-state index contributed by atoms with van der Waals surface area (Å²) in [6.07, 6.45) is 1.80. The van der Waals surface area contributed by atoms with Crippen molar-refractivity contribution in [2.45, 2.75) is 45.7 Å². The molecule has 0 spiro atoms. The Balaban J connectivity index is 1.86. The van der Waals surface area contributed by atoms with E-state index in [4.69, 9.17) is 16.3 Å². The average Bonchev–Trinajstić information content (AvgIpc) is 2.96. The van der Waals surface area contributed by atoms with Crippen LogP contribution in [0.25, 0.3) is 0 Å². The first kappa shape index (κ1) is 32.9. The molecular formula is C32H40ClN3O5S. The smallest absolute Gasteiger partial charge is 0.243 e. The molecule has 0 unspecified atom stereocenters. The Bertz CT molecular complexity index is 1400. The van der Waals surface area contributed by atoms with Gasteiger partial charge < -0.3 is 15.0 Å². The highest BCUT2D eigenvalue weighted by atomic mass is 35.5. The van der Waals surface area contributed by atoms with Gasteiger partial charge in [0, 0.05) is 37.5 Å². The first-order chi connectivity index (χ1) is 20.0. The van der Waals surface area contributed by atoms with Gasteiger partial charge in [0.15, 0.2) is 0 Å². The molecule has 8 nitrogen and oxygen atoms in total. The molecular weight excluding hydrogens is 574 g/mol. The van der Waals surface area contributed by atoms with E-state index in [1.54, 1.807) is 48.4 Å². The molecule has 0 aliphatic heterocycles. The minimum Gasteiger partial charge on any atom is -0.497 e. The summed E-state index contributed by atoms with van der Waals surface area (Å²) in [5, 5.41) is 3.58. The Morgan fingerprint density at radius 3 is 2.14 bits per heavy atom. The molecule has 0 fully saturated rings. The molecule has 1 atom stereocenters. The van der Waals surface area contributed by atoms with E-state index in [-0.39, 0.29) is 43.7 Å². The van der Waals surface area contributed by atoms with Gasteiger partial charge in [-0.25, -0.2) is 8.42 Å². The number of hydrogen-bond acceptors (Lipinski definition) is 5. The summed E-state index contributed by atoms with van der Waals surface area (Å²) in [5.74, 6) is 0.381. The van der Waals surface area contributed by atoms with E-state index in [9.17, 15) is 18.0 Å². The van der Waals surface area contributed by atoms with Gasteiger partial charge in [-0.1, -0.05) is 67.9 Å². The number of methoxy groups -OCH3 is 1. The Labute approximate surface area is 254 Å². The second kappa shape index (κ2) is 15.6.